The zero-order valence-electron chi connectivity index (χ0n) is 9.93. The zero-order valence-corrected chi connectivity index (χ0v) is 9.93. The van der Waals surface area contributed by atoms with Crippen molar-refractivity contribution in [2.75, 3.05) is 13.6 Å². The van der Waals surface area contributed by atoms with Gasteiger partial charge in [-0.2, -0.15) is 0 Å². The molecule has 0 aliphatic carbocycles. The first-order chi connectivity index (χ1) is 7.84. The molecular weight excluding hydrogens is 228 g/mol. The first kappa shape index (κ1) is 15.2. The Balaban J connectivity index is 3.78. The van der Waals surface area contributed by atoms with Gasteiger partial charge in [-0.05, 0) is 12.8 Å². The largest absolute Gasteiger partial charge is 0.372 e. The molecule has 0 spiro atoms. The Hall–Kier alpha value is -1.83. The van der Waals surface area contributed by atoms with Gasteiger partial charge in [-0.25, -0.2) is 19.4 Å². The molecule has 0 bridgehead atoms. The van der Waals surface area contributed by atoms with Crippen molar-refractivity contribution in [2.24, 2.45) is 11.5 Å². The number of hydrogen-bond acceptors (Lipinski definition) is 6. The van der Waals surface area contributed by atoms with Crippen molar-refractivity contribution in [1.29, 1.82) is 5.41 Å². The minimum absolute atomic E-state index is 0.0546. The van der Waals surface area contributed by atoms with E-state index in [4.69, 9.17) is 16.9 Å². The van der Waals surface area contributed by atoms with Crippen LogP contribution in [0.15, 0.2) is 0 Å². The van der Waals surface area contributed by atoms with Gasteiger partial charge in [0.15, 0.2) is 5.96 Å². The van der Waals surface area contributed by atoms with E-state index in [0.717, 1.165) is 6.92 Å². The van der Waals surface area contributed by atoms with Crippen molar-refractivity contribution in [2.45, 2.75) is 25.8 Å². The highest BCUT2D eigenvalue weighted by Crippen LogP contribution is 1.99. The van der Waals surface area contributed by atoms with Gasteiger partial charge in [0.1, 0.15) is 6.04 Å². The lowest BCUT2D eigenvalue weighted by Crippen LogP contribution is -2.36. The molecule has 98 valence electrons. The lowest BCUT2D eigenvalue weighted by molar-refractivity contribution is -0.258. The SMILES string of the molecule is CC(=O)OOC(=O)C(N)CCCN(C)C(=N)N. The van der Waals surface area contributed by atoms with Gasteiger partial charge < -0.3 is 16.4 Å². The molecule has 0 rings (SSSR count). The predicted molar refractivity (Wildman–Crippen MR) is 59.6 cm³/mol. The maximum Gasteiger partial charge on any atom is 0.372 e. The van der Waals surface area contributed by atoms with Crippen LogP contribution in [0.5, 0.6) is 0 Å². The smallest absolute Gasteiger partial charge is 0.370 e. The van der Waals surface area contributed by atoms with Crippen molar-refractivity contribution >= 4 is 17.9 Å². The molecule has 0 aliphatic heterocycles. The number of rotatable bonds is 5. The number of hydrogen-bond donors (Lipinski definition) is 3. The van der Waals surface area contributed by atoms with E-state index >= 15 is 0 Å². The fourth-order valence-corrected chi connectivity index (χ4v) is 0.948. The number of carbonyl (C=O) groups excluding carboxylic acids is 2. The van der Waals surface area contributed by atoms with Crippen molar-refractivity contribution in [3.05, 3.63) is 0 Å². The Morgan fingerprint density at radius 2 is 2.00 bits per heavy atom. The van der Waals surface area contributed by atoms with Crippen LogP contribution in [0.2, 0.25) is 0 Å². The van der Waals surface area contributed by atoms with E-state index in [1.54, 1.807) is 7.05 Å². The van der Waals surface area contributed by atoms with Crippen molar-refractivity contribution < 1.29 is 19.4 Å². The summed E-state index contributed by atoms with van der Waals surface area (Å²) in [6.07, 6.45) is 0.907. The minimum Gasteiger partial charge on any atom is -0.370 e. The molecule has 0 aromatic rings. The average Bonchev–Trinajstić information content (AvgIpc) is 2.25. The Labute approximate surface area is 99.3 Å². The van der Waals surface area contributed by atoms with E-state index in [0.29, 0.717) is 19.4 Å². The maximum atomic E-state index is 11.2. The predicted octanol–water partition coefficient (Wildman–Crippen LogP) is -1.06. The van der Waals surface area contributed by atoms with Crippen LogP contribution in [-0.2, 0) is 19.4 Å². The van der Waals surface area contributed by atoms with Gasteiger partial charge >= 0.3 is 11.9 Å². The summed E-state index contributed by atoms with van der Waals surface area (Å²) < 4.78 is 0. The molecule has 0 saturated carbocycles. The van der Waals surface area contributed by atoms with Gasteiger partial charge in [0.05, 0.1) is 0 Å². The lowest BCUT2D eigenvalue weighted by Gasteiger charge is -2.17. The highest BCUT2D eigenvalue weighted by Gasteiger charge is 2.17. The Morgan fingerprint density at radius 3 is 2.47 bits per heavy atom. The molecular formula is C9H18N4O4. The highest BCUT2D eigenvalue weighted by atomic mass is 17.2. The third-order valence-corrected chi connectivity index (χ3v) is 1.96. The maximum absolute atomic E-state index is 11.2. The molecule has 17 heavy (non-hydrogen) atoms. The summed E-state index contributed by atoms with van der Waals surface area (Å²) in [5, 5.41) is 7.11. The molecule has 0 aromatic carbocycles. The quantitative estimate of drug-likeness (QED) is 0.244. The van der Waals surface area contributed by atoms with Crippen LogP contribution in [0.1, 0.15) is 19.8 Å². The molecule has 0 aliphatic rings. The van der Waals surface area contributed by atoms with Crippen molar-refractivity contribution in [1.82, 2.24) is 4.90 Å². The monoisotopic (exact) mass is 246 g/mol. The fraction of sp³-hybridized carbons (Fsp3) is 0.667. The summed E-state index contributed by atoms with van der Waals surface area (Å²) >= 11 is 0. The van der Waals surface area contributed by atoms with Gasteiger partial charge in [0, 0.05) is 20.5 Å². The van der Waals surface area contributed by atoms with E-state index in [1.165, 1.54) is 4.90 Å². The normalized spacial score (nSPS) is 11.5. The lowest BCUT2D eigenvalue weighted by atomic mass is 10.1. The zero-order chi connectivity index (χ0) is 13.4. The number of nitrogens with one attached hydrogen (secondary N) is 1. The standard InChI is InChI=1S/C9H18N4O4/c1-6(14)16-17-8(15)7(10)4-3-5-13(2)9(11)12/h7H,3-5,10H2,1-2H3,(H3,11,12). The topological polar surface area (TPSA) is 132 Å². The van der Waals surface area contributed by atoms with Gasteiger partial charge in [-0.3, -0.25) is 5.41 Å². The van der Waals surface area contributed by atoms with E-state index in [-0.39, 0.29) is 5.96 Å². The summed E-state index contributed by atoms with van der Waals surface area (Å²) in [4.78, 5) is 31.3. The Morgan fingerprint density at radius 1 is 1.41 bits per heavy atom. The summed E-state index contributed by atoms with van der Waals surface area (Å²) in [6, 6.07) is -0.866. The number of carbonyl (C=O) groups is 2. The minimum atomic E-state index is -0.866. The first-order valence-corrected chi connectivity index (χ1v) is 5.04. The summed E-state index contributed by atoms with van der Waals surface area (Å²) in [5.41, 5.74) is 10.7. The van der Waals surface area contributed by atoms with Gasteiger partial charge in [-0.1, -0.05) is 0 Å². The number of nitrogens with two attached hydrogens (primary N) is 2. The van der Waals surface area contributed by atoms with Gasteiger partial charge in [-0.15, -0.1) is 0 Å². The molecule has 8 heteroatoms. The molecule has 0 radical (unpaired) electrons. The van der Waals surface area contributed by atoms with Crippen LogP contribution in [0, 0.1) is 5.41 Å². The molecule has 8 nitrogen and oxygen atoms in total. The molecule has 1 unspecified atom stereocenters. The van der Waals surface area contributed by atoms with Crippen LogP contribution in [0.4, 0.5) is 0 Å². The van der Waals surface area contributed by atoms with Gasteiger partial charge in [0.25, 0.3) is 0 Å². The second-order valence-electron chi connectivity index (χ2n) is 3.53. The van der Waals surface area contributed by atoms with E-state index in [2.05, 4.69) is 9.78 Å². The van der Waals surface area contributed by atoms with E-state index < -0.39 is 18.0 Å². The molecule has 5 N–H and O–H groups in total. The van der Waals surface area contributed by atoms with Crippen molar-refractivity contribution in [3.8, 4) is 0 Å². The van der Waals surface area contributed by atoms with Crippen LogP contribution >= 0.6 is 0 Å². The second kappa shape index (κ2) is 7.44. The molecule has 0 aromatic heterocycles. The fourth-order valence-electron chi connectivity index (χ4n) is 0.948. The molecule has 0 amide bonds. The summed E-state index contributed by atoms with van der Waals surface area (Å²) in [7, 11) is 1.66. The molecule has 1 atom stereocenters. The summed E-state index contributed by atoms with van der Waals surface area (Å²) in [6.45, 7) is 1.62. The Kier molecular flexibility index (Phi) is 6.64. The van der Waals surface area contributed by atoms with E-state index in [1.807, 2.05) is 0 Å². The van der Waals surface area contributed by atoms with Gasteiger partial charge in [0.2, 0.25) is 0 Å². The van der Waals surface area contributed by atoms with Crippen LogP contribution in [0.3, 0.4) is 0 Å². The second-order valence-corrected chi connectivity index (χ2v) is 3.53. The third kappa shape index (κ3) is 7.12. The Bertz CT molecular complexity index is 295. The number of guanidine groups is 1. The highest BCUT2D eigenvalue weighted by molar-refractivity contribution is 5.76. The van der Waals surface area contributed by atoms with Crippen molar-refractivity contribution in [3.63, 3.8) is 0 Å². The molecule has 0 heterocycles. The number of nitrogens with zero attached hydrogens (tertiary/aromatic N) is 1. The third-order valence-electron chi connectivity index (χ3n) is 1.96. The molecule has 0 fully saturated rings. The van der Waals surface area contributed by atoms with Crippen LogP contribution in [-0.4, -0.2) is 42.4 Å². The molecule has 0 saturated heterocycles. The average molecular weight is 246 g/mol. The van der Waals surface area contributed by atoms with Crippen LogP contribution < -0.4 is 11.5 Å². The van der Waals surface area contributed by atoms with Crippen LogP contribution in [0.25, 0.3) is 0 Å². The first-order valence-electron chi connectivity index (χ1n) is 5.04. The summed E-state index contributed by atoms with van der Waals surface area (Å²) in [5.74, 6) is -1.58. The van der Waals surface area contributed by atoms with E-state index in [9.17, 15) is 9.59 Å².